The summed E-state index contributed by atoms with van der Waals surface area (Å²) in [5, 5.41) is 11.6. The van der Waals surface area contributed by atoms with Crippen molar-refractivity contribution in [1.82, 2.24) is 24.9 Å². The van der Waals surface area contributed by atoms with E-state index in [9.17, 15) is 4.79 Å². The van der Waals surface area contributed by atoms with Gasteiger partial charge in [0, 0.05) is 30.9 Å². The summed E-state index contributed by atoms with van der Waals surface area (Å²) >= 11 is 6.04. The van der Waals surface area contributed by atoms with E-state index in [0.29, 0.717) is 18.1 Å². The summed E-state index contributed by atoms with van der Waals surface area (Å²) in [5.74, 6) is -0.181. The molecule has 0 saturated carbocycles. The molecular weight excluding hydrogens is 290 g/mol. The highest BCUT2D eigenvalue weighted by Crippen LogP contribution is 2.14. The van der Waals surface area contributed by atoms with Crippen LogP contribution in [0.15, 0.2) is 24.7 Å². The van der Waals surface area contributed by atoms with E-state index >= 15 is 0 Å². The monoisotopic (exact) mass is 307 g/mol. The highest BCUT2D eigenvalue weighted by Gasteiger charge is 2.08. The molecule has 1 N–H and O–H groups in total. The summed E-state index contributed by atoms with van der Waals surface area (Å²) < 4.78 is 3.56. The number of aromatic nitrogens is 4. The fourth-order valence-corrected chi connectivity index (χ4v) is 2.08. The Balaban J connectivity index is 1.91. The quantitative estimate of drug-likeness (QED) is 0.831. The minimum absolute atomic E-state index is 0.181. The van der Waals surface area contributed by atoms with Crippen LogP contribution in [0.1, 0.15) is 25.1 Å². The van der Waals surface area contributed by atoms with Gasteiger partial charge in [0.2, 0.25) is 5.91 Å². The molecule has 0 fully saturated rings. The minimum atomic E-state index is -0.181. The van der Waals surface area contributed by atoms with Gasteiger partial charge in [-0.05, 0) is 19.9 Å². The van der Waals surface area contributed by atoms with Gasteiger partial charge in [0.1, 0.15) is 0 Å². The number of hydrogen-bond acceptors (Lipinski definition) is 3. The second-order valence-corrected chi connectivity index (χ2v) is 4.84. The van der Waals surface area contributed by atoms with Crippen LogP contribution in [0.4, 0.5) is 0 Å². The van der Waals surface area contributed by atoms with Crippen LogP contribution >= 0.6 is 11.6 Å². The molecule has 0 bridgehead atoms. The molecule has 1 amide bonds. The number of rotatable bonds is 6. The van der Waals surface area contributed by atoms with Gasteiger partial charge in [0.15, 0.2) is 0 Å². The summed E-state index contributed by atoms with van der Waals surface area (Å²) in [6.45, 7) is 5.85. The van der Waals surface area contributed by atoms with Crippen molar-refractivity contribution in [2.45, 2.75) is 33.5 Å². The summed E-state index contributed by atoms with van der Waals surface area (Å²) in [4.78, 5) is 11.8. The van der Waals surface area contributed by atoms with Crippen molar-refractivity contribution in [3.05, 3.63) is 40.9 Å². The molecule has 0 radical (unpaired) electrons. The largest absolute Gasteiger partial charge is 0.347 e. The molecule has 0 aliphatic rings. The van der Waals surface area contributed by atoms with E-state index in [1.807, 2.05) is 20.0 Å². The maximum absolute atomic E-state index is 11.8. The molecule has 21 heavy (non-hydrogen) atoms. The molecule has 0 saturated heterocycles. The first kappa shape index (κ1) is 15.3. The molecule has 0 unspecified atom stereocenters. The van der Waals surface area contributed by atoms with Crippen molar-refractivity contribution in [2.75, 3.05) is 0 Å². The first-order valence-corrected chi connectivity index (χ1v) is 7.20. The molecule has 0 atom stereocenters. The van der Waals surface area contributed by atoms with E-state index in [1.165, 1.54) is 6.08 Å². The van der Waals surface area contributed by atoms with Crippen LogP contribution < -0.4 is 5.32 Å². The van der Waals surface area contributed by atoms with Crippen molar-refractivity contribution < 1.29 is 4.79 Å². The third kappa shape index (κ3) is 3.95. The van der Waals surface area contributed by atoms with Gasteiger partial charge in [-0.3, -0.25) is 14.2 Å². The van der Waals surface area contributed by atoms with Gasteiger partial charge >= 0.3 is 0 Å². The molecule has 0 aliphatic carbocycles. The van der Waals surface area contributed by atoms with Gasteiger partial charge in [0.25, 0.3) is 0 Å². The zero-order valence-corrected chi connectivity index (χ0v) is 12.8. The van der Waals surface area contributed by atoms with E-state index in [2.05, 4.69) is 15.5 Å². The first-order chi connectivity index (χ1) is 10.1. The molecule has 2 rings (SSSR count). The smallest absolute Gasteiger partial charge is 0.244 e. The number of aryl methyl sites for hydroxylation is 2. The Morgan fingerprint density at radius 1 is 1.33 bits per heavy atom. The lowest BCUT2D eigenvalue weighted by Crippen LogP contribution is -2.22. The fraction of sp³-hybridized carbons (Fsp3) is 0.357. The molecule has 0 aromatic carbocycles. The Labute approximate surface area is 128 Å². The third-order valence-corrected chi connectivity index (χ3v) is 3.35. The predicted octanol–water partition coefficient (Wildman–Crippen LogP) is 2.10. The van der Waals surface area contributed by atoms with Crippen molar-refractivity contribution in [2.24, 2.45) is 0 Å². The molecule has 2 aromatic rings. The molecular formula is C14H18ClN5O. The maximum Gasteiger partial charge on any atom is 0.244 e. The molecule has 112 valence electrons. The number of carbonyl (C=O) groups excluding carboxylic acids is 1. The number of amides is 1. The lowest BCUT2D eigenvalue weighted by atomic mass is 10.3. The van der Waals surface area contributed by atoms with E-state index < -0.39 is 0 Å². The summed E-state index contributed by atoms with van der Waals surface area (Å²) in [5.41, 5.74) is 1.70. The lowest BCUT2D eigenvalue weighted by molar-refractivity contribution is -0.116. The molecule has 0 spiro atoms. The SMILES string of the molecule is CCn1cc(/C=C/C(=O)NCc2c(Cl)cnn2CC)cn1. The zero-order chi connectivity index (χ0) is 15.2. The molecule has 7 heteroatoms. The van der Waals surface area contributed by atoms with Crippen molar-refractivity contribution in [1.29, 1.82) is 0 Å². The second kappa shape index (κ2) is 7.08. The van der Waals surface area contributed by atoms with E-state index in [4.69, 9.17) is 11.6 Å². The Morgan fingerprint density at radius 2 is 2.14 bits per heavy atom. The lowest BCUT2D eigenvalue weighted by Gasteiger charge is -2.05. The summed E-state index contributed by atoms with van der Waals surface area (Å²) in [6.07, 6.45) is 8.40. The van der Waals surface area contributed by atoms with E-state index in [0.717, 1.165) is 17.8 Å². The average molecular weight is 308 g/mol. The van der Waals surface area contributed by atoms with Crippen LogP contribution in [-0.4, -0.2) is 25.5 Å². The Kier molecular flexibility index (Phi) is 5.16. The Bertz CT molecular complexity index is 644. The van der Waals surface area contributed by atoms with E-state index in [-0.39, 0.29) is 5.91 Å². The first-order valence-electron chi connectivity index (χ1n) is 6.82. The number of hydrogen-bond donors (Lipinski definition) is 1. The van der Waals surface area contributed by atoms with Gasteiger partial charge in [0.05, 0.1) is 29.7 Å². The van der Waals surface area contributed by atoms with Crippen LogP contribution in [0.5, 0.6) is 0 Å². The Morgan fingerprint density at radius 3 is 2.81 bits per heavy atom. The Hall–Kier alpha value is -2.08. The minimum Gasteiger partial charge on any atom is -0.347 e. The number of nitrogens with zero attached hydrogens (tertiary/aromatic N) is 4. The normalized spacial score (nSPS) is 11.2. The third-order valence-electron chi connectivity index (χ3n) is 3.03. The molecule has 6 nitrogen and oxygen atoms in total. The van der Waals surface area contributed by atoms with Crippen LogP contribution in [-0.2, 0) is 24.4 Å². The average Bonchev–Trinajstić information content (AvgIpc) is 3.09. The summed E-state index contributed by atoms with van der Waals surface area (Å²) in [6, 6.07) is 0. The van der Waals surface area contributed by atoms with Crippen LogP contribution in [0, 0.1) is 0 Å². The number of halogens is 1. The topological polar surface area (TPSA) is 64.7 Å². The standard InChI is InChI=1S/C14H18ClN5O/c1-3-19-10-11(7-17-19)5-6-14(21)16-9-13-12(15)8-18-20(13)4-2/h5-8,10H,3-4,9H2,1-2H3,(H,16,21)/b6-5+. The van der Waals surface area contributed by atoms with Crippen molar-refractivity contribution in [3.63, 3.8) is 0 Å². The van der Waals surface area contributed by atoms with Gasteiger partial charge in [-0.15, -0.1) is 0 Å². The second-order valence-electron chi connectivity index (χ2n) is 4.44. The van der Waals surface area contributed by atoms with Gasteiger partial charge in [-0.25, -0.2) is 0 Å². The summed E-state index contributed by atoms with van der Waals surface area (Å²) in [7, 11) is 0. The van der Waals surface area contributed by atoms with E-state index in [1.54, 1.807) is 27.8 Å². The van der Waals surface area contributed by atoms with Crippen LogP contribution in [0.3, 0.4) is 0 Å². The molecule has 0 aliphatic heterocycles. The zero-order valence-electron chi connectivity index (χ0n) is 12.1. The molecule has 2 heterocycles. The molecule has 2 aromatic heterocycles. The van der Waals surface area contributed by atoms with Gasteiger partial charge in [-0.2, -0.15) is 10.2 Å². The van der Waals surface area contributed by atoms with Gasteiger partial charge in [-0.1, -0.05) is 11.6 Å². The van der Waals surface area contributed by atoms with Gasteiger partial charge < -0.3 is 5.32 Å². The number of nitrogens with one attached hydrogen (secondary N) is 1. The van der Waals surface area contributed by atoms with Crippen molar-refractivity contribution in [3.8, 4) is 0 Å². The highest BCUT2D eigenvalue weighted by molar-refractivity contribution is 6.31. The highest BCUT2D eigenvalue weighted by atomic mass is 35.5. The van der Waals surface area contributed by atoms with Crippen molar-refractivity contribution >= 4 is 23.6 Å². The maximum atomic E-state index is 11.8. The van der Waals surface area contributed by atoms with Crippen LogP contribution in [0.2, 0.25) is 5.02 Å². The van der Waals surface area contributed by atoms with Crippen LogP contribution in [0.25, 0.3) is 6.08 Å². The number of carbonyl (C=O) groups is 1. The fourth-order valence-electron chi connectivity index (χ4n) is 1.88. The predicted molar refractivity (Wildman–Crippen MR) is 81.7 cm³/mol.